The molecule has 0 atom stereocenters. The Labute approximate surface area is 112 Å². The average molecular weight is 273 g/mol. The summed E-state index contributed by atoms with van der Waals surface area (Å²) >= 11 is 0. The van der Waals surface area contributed by atoms with Crippen LogP contribution >= 0.6 is 0 Å². The normalized spacial score (nSPS) is 8.53. The van der Waals surface area contributed by atoms with Crippen molar-refractivity contribution in [2.75, 3.05) is 13.2 Å². The van der Waals surface area contributed by atoms with Gasteiger partial charge in [-0.2, -0.15) is 12.1 Å². The summed E-state index contributed by atoms with van der Waals surface area (Å²) in [6.45, 7) is 0.288. The van der Waals surface area contributed by atoms with Gasteiger partial charge in [-0.3, -0.25) is 4.79 Å². The summed E-state index contributed by atoms with van der Waals surface area (Å²) in [5, 5.41) is 10.9. The number of amides is 1. The van der Waals surface area contributed by atoms with Crippen molar-refractivity contribution in [2.24, 2.45) is 0 Å². The molecule has 2 aromatic rings. The van der Waals surface area contributed by atoms with E-state index in [0.29, 0.717) is 12.1 Å². The van der Waals surface area contributed by atoms with Crippen LogP contribution in [0.2, 0.25) is 0 Å². The molecule has 17 heavy (non-hydrogen) atoms. The second-order valence-corrected chi connectivity index (χ2v) is 3.12. The number of carbonyl (C=O) groups excluding carboxylic acids is 1. The van der Waals surface area contributed by atoms with Gasteiger partial charge in [0.2, 0.25) is 0 Å². The van der Waals surface area contributed by atoms with Gasteiger partial charge in [-0.1, -0.05) is 5.56 Å². The van der Waals surface area contributed by atoms with Gasteiger partial charge in [-0.25, -0.2) is 12.1 Å². The van der Waals surface area contributed by atoms with Crippen LogP contribution in [-0.2, 0) is 17.1 Å². The first-order valence-electron chi connectivity index (χ1n) is 5.12. The number of rotatable bonds is 3. The number of carbonyl (C=O) groups is 1. The summed E-state index contributed by atoms with van der Waals surface area (Å²) in [5.74, 6) is -0.135. The van der Waals surface area contributed by atoms with Gasteiger partial charge < -0.3 is 40.8 Å². The molecule has 4 heteroatoms. The standard InChI is InChI=1S/C8H10NO2.C5H5.Fe/c10-6-5-9-8(11)7-3-1-2-4-7;1-2-4-5-3-1;/h1-4,10H,5-6H2,(H,9,11);1-5H;/q-1;-5;. The van der Waals surface area contributed by atoms with E-state index < -0.39 is 0 Å². The zero-order valence-electron chi connectivity index (χ0n) is 9.32. The molecule has 0 aliphatic heterocycles. The van der Waals surface area contributed by atoms with Gasteiger partial charge in [0.1, 0.15) is 0 Å². The third kappa shape index (κ3) is 6.74. The zero-order chi connectivity index (χ0) is 11.6. The topological polar surface area (TPSA) is 49.3 Å². The van der Waals surface area contributed by atoms with Crippen LogP contribution in [0, 0.1) is 0 Å². The van der Waals surface area contributed by atoms with E-state index in [1.165, 1.54) is 0 Å². The Hall–Kier alpha value is -1.35. The van der Waals surface area contributed by atoms with E-state index in [1.807, 2.05) is 30.3 Å². The second-order valence-electron chi connectivity index (χ2n) is 3.12. The van der Waals surface area contributed by atoms with Gasteiger partial charge >= 0.3 is 0 Å². The first kappa shape index (κ1) is 15.6. The fourth-order valence-electron chi connectivity index (χ4n) is 1.12. The van der Waals surface area contributed by atoms with Crippen LogP contribution in [0.4, 0.5) is 0 Å². The van der Waals surface area contributed by atoms with Gasteiger partial charge in [-0.15, -0.1) is 0 Å². The minimum absolute atomic E-state index is 0. The Morgan fingerprint density at radius 3 is 2.00 bits per heavy atom. The first-order valence-corrected chi connectivity index (χ1v) is 5.12. The smallest absolute Gasteiger partial charge is 0.195 e. The van der Waals surface area contributed by atoms with Gasteiger partial charge in [0, 0.05) is 23.6 Å². The summed E-state index contributed by atoms with van der Waals surface area (Å²) in [5.41, 5.74) is 0.637. The van der Waals surface area contributed by atoms with Crippen LogP contribution in [0.3, 0.4) is 0 Å². The summed E-state index contributed by atoms with van der Waals surface area (Å²) in [4.78, 5) is 11.0. The Balaban J connectivity index is 0.000000360. The molecule has 0 aliphatic carbocycles. The quantitative estimate of drug-likeness (QED) is 0.658. The molecule has 0 bridgehead atoms. The maximum Gasteiger partial charge on any atom is 0.195 e. The second kappa shape index (κ2) is 9.85. The van der Waals surface area contributed by atoms with Crippen LogP contribution < -0.4 is 5.32 Å². The molecular weight excluding hydrogens is 258 g/mol. The van der Waals surface area contributed by atoms with Crippen molar-refractivity contribution in [1.82, 2.24) is 5.32 Å². The molecular formula is C13H15FeNO2-6. The zero-order valence-corrected chi connectivity index (χ0v) is 10.4. The van der Waals surface area contributed by atoms with Crippen molar-refractivity contribution in [3.63, 3.8) is 0 Å². The summed E-state index contributed by atoms with van der Waals surface area (Å²) in [6.07, 6.45) is 0. The van der Waals surface area contributed by atoms with Crippen LogP contribution in [-0.4, -0.2) is 24.2 Å². The van der Waals surface area contributed by atoms with Crippen LogP contribution in [0.5, 0.6) is 0 Å². The van der Waals surface area contributed by atoms with E-state index in [2.05, 4.69) is 5.32 Å². The predicted octanol–water partition coefficient (Wildman–Crippen LogP) is 1.53. The molecule has 2 N–H and O–H groups in total. The summed E-state index contributed by atoms with van der Waals surface area (Å²) < 4.78 is 0. The molecule has 0 aromatic heterocycles. The molecule has 0 radical (unpaired) electrons. The van der Waals surface area contributed by atoms with E-state index in [1.54, 1.807) is 24.3 Å². The van der Waals surface area contributed by atoms with Gasteiger partial charge in [0.05, 0.1) is 6.61 Å². The summed E-state index contributed by atoms with van der Waals surface area (Å²) in [7, 11) is 0. The molecule has 3 nitrogen and oxygen atoms in total. The maximum atomic E-state index is 11.0. The van der Waals surface area contributed by atoms with Crippen molar-refractivity contribution in [2.45, 2.75) is 0 Å². The van der Waals surface area contributed by atoms with Crippen molar-refractivity contribution in [3.8, 4) is 0 Å². The van der Waals surface area contributed by atoms with Crippen molar-refractivity contribution < 1.29 is 27.0 Å². The molecule has 0 unspecified atom stereocenters. The Morgan fingerprint density at radius 1 is 1.12 bits per heavy atom. The Kier molecular flexibility index (Phi) is 9.06. The maximum absolute atomic E-state index is 11.0. The average Bonchev–Trinajstić information content (AvgIpc) is 2.98. The van der Waals surface area contributed by atoms with Crippen LogP contribution in [0.15, 0.2) is 54.6 Å². The van der Waals surface area contributed by atoms with Crippen molar-refractivity contribution >= 4 is 5.91 Å². The van der Waals surface area contributed by atoms with Gasteiger partial charge in [-0.05, 0) is 0 Å². The van der Waals surface area contributed by atoms with Crippen molar-refractivity contribution in [1.29, 1.82) is 0 Å². The number of hydrogen-bond donors (Lipinski definition) is 2. The molecule has 2 aromatic carbocycles. The first-order chi connectivity index (χ1) is 7.84. The molecule has 0 aliphatic rings. The number of nitrogens with one attached hydrogen (secondary N) is 1. The molecule has 0 saturated heterocycles. The van der Waals surface area contributed by atoms with Gasteiger partial charge in [0.25, 0.3) is 0 Å². The molecule has 98 valence electrons. The monoisotopic (exact) mass is 273 g/mol. The van der Waals surface area contributed by atoms with E-state index in [4.69, 9.17) is 5.11 Å². The fraction of sp³-hybridized carbons (Fsp3) is 0.154. The molecule has 1 amide bonds. The predicted molar refractivity (Wildman–Crippen MR) is 63.5 cm³/mol. The Bertz CT molecular complexity index is 351. The van der Waals surface area contributed by atoms with E-state index in [-0.39, 0.29) is 29.6 Å². The number of aliphatic hydroxyl groups excluding tert-OH is 1. The molecule has 0 heterocycles. The van der Waals surface area contributed by atoms with E-state index in [0.717, 1.165) is 0 Å². The van der Waals surface area contributed by atoms with Crippen LogP contribution in [0.1, 0.15) is 10.4 Å². The molecule has 2 rings (SSSR count). The van der Waals surface area contributed by atoms with Gasteiger partial charge in [0.15, 0.2) is 5.91 Å². The third-order valence-corrected chi connectivity index (χ3v) is 1.88. The SMILES string of the molecule is O=C(NCCO)[c-]1cccc1.[Fe].[cH-]1[cH-][cH-][cH-][cH-]1. The number of aliphatic hydroxyl groups is 1. The van der Waals surface area contributed by atoms with Crippen molar-refractivity contribution in [3.05, 3.63) is 60.2 Å². The Morgan fingerprint density at radius 2 is 1.59 bits per heavy atom. The molecule has 0 spiro atoms. The van der Waals surface area contributed by atoms with Crippen LogP contribution in [0.25, 0.3) is 0 Å². The van der Waals surface area contributed by atoms with E-state index in [9.17, 15) is 4.79 Å². The third-order valence-electron chi connectivity index (χ3n) is 1.88. The summed E-state index contributed by atoms with van der Waals surface area (Å²) in [6, 6.07) is 17.1. The largest absolute Gasteiger partial charge is 0.748 e. The van der Waals surface area contributed by atoms with E-state index >= 15 is 0 Å². The minimum atomic E-state index is -0.135. The molecule has 0 fully saturated rings. The molecule has 0 saturated carbocycles. The number of hydrogen-bond acceptors (Lipinski definition) is 2. The minimum Gasteiger partial charge on any atom is -0.748 e. The fourth-order valence-corrected chi connectivity index (χ4v) is 1.12.